The molecule has 1 aromatic rings. The molecule has 1 fully saturated rings. The van der Waals surface area contributed by atoms with Crippen LogP contribution in [0.5, 0.6) is 0 Å². The van der Waals surface area contributed by atoms with E-state index in [1.54, 1.807) is 0 Å². The lowest BCUT2D eigenvalue weighted by Crippen LogP contribution is -2.26. The van der Waals surface area contributed by atoms with E-state index in [2.05, 4.69) is 27.9 Å². The number of hydrogen-bond acceptors (Lipinski definition) is 3. The van der Waals surface area contributed by atoms with Gasteiger partial charge in [-0.3, -0.25) is 0 Å². The summed E-state index contributed by atoms with van der Waals surface area (Å²) in [6.07, 6.45) is 2.00. The number of nitrogens with zero attached hydrogens (tertiary/aromatic N) is 1. The van der Waals surface area contributed by atoms with Crippen molar-refractivity contribution in [3.8, 4) is 0 Å². The molecule has 0 atom stereocenters. The maximum absolute atomic E-state index is 11.8. The molecule has 9 heteroatoms. The van der Waals surface area contributed by atoms with Crippen LogP contribution in [0.1, 0.15) is 18.1 Å². The Balaban J connectivity index is 0.000000359. The smallest absolute Gasteiger partial charge is 0.348 e. The van der Waals surface area contributed by atoms with Crippen molar-refractivity contribution in [2.24, 2.45) is 4.99 Å². The zero-order valence-electron chi connectivity index (χ0n) is 14.6. The van der Waals surface area contributed by atoms with E-state index in [0.29, 0.717) is 18.1 Å². The molecule has 0 bridgehead atoms. The Morgan fingerprint density at radius 3 is 2.23 bits per heavy atom. The minimum absolute atomic E-state index is 0.351. The van der Waals surface area contributed by atoms with Crippen molar-refractivity contribution < 1.29 is 24.6 Å². The van der Waals surface area contributed by atoms with Crippen LogP contribution >= 0.6 is 0 Å². The van der Waals surface area contributed by atoms with E-state index in [4.69, 9.17) is 10.2 Å². The van der Waals surface area contributed by atoms with Crippen LogP contribution in [-0.2, 0) is 16.0 Å². The van der Waals surface area contributed by atoms with Crippen molar-refractivity contribution in [2.45, 2.75) is 20.3 Å². The third-order valence-electron chi connectivity index (χ3n) is 3.26. The summed E-state index contributed by atoms with van der Waals surface area (Å²) in [7, 11) is 0. The number of guanidine groups is 1. The highest BCUT2D eigenvalue weighted by Gasteiger charge is 2.11. The number of aryl methyl sites for hydroxylation is 2. The number of carbonyl (C=O) groups is 3. The first-order chi connectivity index (χ1) is 12.3. The van der Waals surface area contributed by atoms with Crippen LogP contribution in [0.4, 0.5) is 10.5 Å². The highest BCUT2D eigenvalue weighted by atomic mass is 16.4. The van der Waals surface area contributed by atoms with Crippen LogP contribution in [0.3, 0.4) is 0 Å². The summed E-state index contributed by atoms with van der Waals surface area (Å²) in [5, 5.41) is 24.5. The van der Waals surface area contributed by atoms with Gasteiger partial charge in [0.05, 0.1) is 0 Å². The van der Waals surface area contributed by atoms with Gasteiger partial charge in [0.25, 0.3) is 0 Å². The fourth-order valence-electron chi connectivity index (χ4n) is 2.08. The van der Waals surface area contributed by atoms with Gasteiger partial charge >= 0.3 is 18.0 Å². The van der Waals surface area contributed by atoms with E-state index in [0.717, 1.165) is 36.3 Å². The first kappa shape index (κ1) is 20.7. The number of carbonyl (C=O) groups excluding carboxylic acids is 1. The average Bonchev–Trinajstić information content (AvgIpc) is 3.08. The van der Waals surface area contributed by atoms with Crippen molar-refractivity contribution >= 4 is 29.6 Å². The lowest BCUT2D eigenvalue weighted by Gasteiger charge is -2.11. The number of aliphatic carboxylic acids is 2. The molecule has 0 aromatic heterocycles. The summed E-state index contributed by atoms with van der Waals surface area (Å²) in [5.41, 5.74) is 3.04. The standard InChI is InChI=1S/C13H18N4O.C4H4O4/c1-3-10-6-4-5-9(2)11(10)16-13(18)17-12-14-7-8-15-12;5-3(6)1-2-4(7)8/h4-6H,3,7-8H2,1-2H3,(H3,14,15,16,17,18);1-2H,(H,5,6)(H,7,8)/b;2-1+. The molecular weight excluding hydrogens is 340 g/mol. The molecule has 26 heavy (non-hydrogen) atoms. The molecule has 140 valence electrons. The number of para-hydroxylation sites is 1. The third kappa shape index (κ3) is 7.47. The van der Waals surface area contributed by atoms with Crippen LogP contribution in [-0.4, -0.2) is 47.2 Å². The third-order valence-corrected chi connectivity index (χ3v) is 3.26. The van der Waals surface area contributed by atoms with E-state index in [1.165, 1.54) is 0 Å². The second kappa shape index (κ2) is 10.5. The quantitative estimate of drug-likeness (QED) is 0.509. The Morgan fingerprint density at radius 1 is 1.15 bits per heavy atom. The number of anilines is 1. The number of carboxylic acid groups (broad SMARTS) is 2. The van der Waals surface area contributed by atoms with Crippen molar-refractivity contribution in [1.29, 1.82) is 0 Å². The summed E-state index contributed by atoms with van der Waals surface area (Å²) in [6.45, 7) is 5.65. The average molecular weight is 362 g/mol. The molecule has 1 heterocycles. The molecule has 1 aliphatic heterocycles. The Morgan fingerprint density at radius 2 is 1.73 bits per heavy atom. The summed E-state index contributed by atoms with van der Waals surface area (Å²) >= 11 is 0. The van der Waals surface area contributed by atoms with Crippen molar-refractivity contribution in [1.82, 2.24) is 10.6 Å². The zero-order chi connectivity index (χ0) is 19.5. The molecule has 5 N–H and O–H groups in total. The molecule has 9 nitrogen and oxygen atoms in total. The first-order valence-corrected chi connectivity index (χ1v) is 7.93. The first-order valence-electron chi connectivity index (χ1n) is 7.93. The Kier molecular flexibility index (Phi) is 8.35. The summed E-state index contributed by atoms with van der Waals surface area (Å²) in [4.78, 5) is 34.8. The van der Waals surface area contributed by atoms with E-state index >= 15 is 0 Å². The molecule has 2 rings (SSSR count). The lowest BCUT2D eigenvalue weighted by molar-refractivity contribution is -0.134. The van der Waals surface area contributed by atoms with E-state index in [-0.39, 0.29) is 6.03 Å². The number of carboxylic acids is 2. The fourth-order valence-corrected chi connectivity index (χ4v) is 2.08. The zero-order valence-corrected chi connectivity index (χ0v) is 14.6. The second-order valence-electron chi connectivity index (χ2n) is 5.22. The number of amides is 2. The van der Waals surface area contributed by atoms with Gasteiger partial charge in [0.2, 0.25) is 5.96 Å². The molecule has 1 aromatic carbocycles. The van der Waals surface area contributed by atoms with Crippen molar-refractivity contribution in [3.05, 3.63) is 41.5 Å². The van der Waals surface area contributed by atoms with Crippen LogP contribution in [0.2, 0.25) is 0 Å². The van der Waals surface area contributed by atoms with Gasteiger partial charge in [0, 0.05) is 30.9 Å². The SMILES string of the molecule is CCc1cccc(C)c1NC(=O)N=C1NCCN1.O=C(O)/C=C/C(=O)O. The topological polar surface area (TPSA) is 140 Å². The monoisotopic (exact) mass is 362 g/mol. The Bertz CT molecular complexity index is 704. The summed E-state index contributed by atoms with van der Waals surface area (Å²) in [5.74, 6) is -1.97. The normalized spacial score (nSPS) is 12.5. The number of urea groups is 1. The molecule has 0 saturated carbocycles. The highest BCUT2D eigenvalue weighted by molar-refractivity contribution is 6.00. The minimum Gasteiger partial charge on any atom is -0.478 e. The number of nitrogens with one attached hydrogen (secondary N) is 3. The molecule has 0 radical (unpaired) electrons. The predicted molar refractivity (Wildman–Crippen MR) is 97.4 cm³/mol. The molecule has 1 aliphatic rings. The van der Waals surface area contributed by atoms with Gasteiger partial charge < -0.3 is 26.2 Å². The molecule has 0 unspecified atom stereocenters. The maximum atomic E-state index is 11.8. The second-order valence-corrected chi connectivity index (χ2v) is 5.22. The maximum Gasteiger partial charge on any atom is 0.348 e. The molecule has 0 aliphatic carbocycles. The predicted octanol–water partition coefficient (Wildman–Crippen LogP) is 1.35. The van der Waals surface area contributed by atoms with Crippen LogP contribution in [0.25, 0.3) is 0 Å². The number of hydrogen-bond donors (Lipinski definition) is 5. The minimum atomic E-state index is -1.26. The van der Waals surface area contributed by atoms with E-state index < -0.39 is 11.9 Å². The van der Waals surface area contributed by atoms with Crippen LogP contribution in [0.15, 0.2) is 35.3 Å². The summed E-state index contributed by atoms with van der Waals surface area (Å²) < 4.78 is 0. The van der Waals surface area contributed by atoms with Gasteiger partial charge in [-0.05, 0) is 24.5 Å². The van der Waals surface area contributed by atoms with Crippen molar-refractivity contribution in [2.75, 3.05) is 18.4 Å². The number of aliphatic imine (C=N–C) groups is 1. The van der Waals surface area contributed by atoms with Gasteiger partial charge in [-0.1, -0.05) is 25.1 Å². The molecule has 2 amide bonds. The fraction of sp³-hybridized carbons (Fsp3) is 0.294. The molecular formula is C17H22N4O5. The Hall–Kier alpha value is -3.36. The molecule has 0 spiro atoms. The summed E-state index contributed by atoms with van der Waals surface area (Å²) in [6, 6.07) is 5.64. The molecule has 1 saturated heterocycles. The Labute approximate surface area is 150 Å². The van der Waals surface area contributed by atoms with Crippen LogP contribution in [0, 0.1) is 6.92 Å². The largest absolute Gasteiger partial charge is 0.478 e. The van der Waals surface area contributed by atoms with Gasteiger partial charge in [-0.15, -0.1) is 0 Å². The van der Waals surface area contributed by atoms with Gasteiger partial charge in [0.1, 0.15) is 0 Å². The van der Waals surface area contributed by atoms with E-state index in [1.807, 2.05) is 25.1 Å². The number of rotatable bonds is 4. The van der Waals surface area contributed by atoms with Gasteiger partial charge in [0.15, 0.2) is 0 Å². The highest BCUT2D eigenvalue weighted by Crippen LogP contribution is 2.21. The van der Waals surface area contributed by atoms with Crippen LogP contribution < -0.4 is 16.0 Å². The lowest BCUT2D eigenvalue weighted by atomic mass is 10.1. The van der Waals surface area contributed by atoms with Gasteiger partial charge in [-0.25, -0.2) is 14.4 Å². The van der Waals surface area contributed by atoms with Gasteiger partial charge in [-0.2, -0.15) is 4.99 Å². The van der Waals surface area contributed by atoms with E-state index in [9.17, 15) is 14.4 Å². The van der Waals surface area contributed by atoms with Crippen molar-refractivity contribution in [3.63, 3.8) is 0 Å². The number of benzene rings is 1.